The van der Waals surface area contributed by atoms with Crippen molar-refractivity contribution in [2.75, 3.05) is 13.1 Å². The maximum Gasteiger partial charge on any atom is 0.242 e. The summed E-state index contributed by atoms with van der Waals surface area (Å²) in [5.41, 5.74) is -0.781. The molecule has 0 aromatic carbocycles. The van der Waals surface area contributed by atoms with Crippen molar-refractivity contribution in [2.45, 2.75) is 70.9 Å². The second-order valence-electron chi connectivity index (χ2n) is 7.78. The van der Waals surface area contributed by atoms with Crippen LogP contribution in [-0.2, 0) is 9.59 Å². The fraction of sp³-hybridized carbons (Fsp3) is 0.875. The molecule has 2 aliphatic rings. The van der Waals surface area contributed by atoms with Crippen molar-refractivity contribution in [3.8, 4) is 0 Å². The second-order valence-corrected chi connectivity index (χ2v) is 7.78. The number of hydrogen-bond acceptors (Lipinski definition) is 3. The maximum absolute atomic E-state index is 12.3. The smallest absolute Gasteiger partial charge is 0.242 e. The average Bonchev–Trinajstić information content (AvgIpc) is 2.80. The molecule has 0 aromatic heterocycles. The predicted octanol–water partition coefficient (Wildman–Crippen LogP) is 1.44. The molecule has 1 saturated heterocycles. The van der Waals surface area contributed by atoms with Crippen molar-refractivity contribution in [1.82, 2.24) is 10.2 Å². The molecule has 5 nitrogen and oxygen atoms in total. The van der Waals surface area contributed by atoms with Crippen LogP contribution in [0.4, 0.5) is 0 Å². The van der Waals surface area contributed by atoms with Gasteiger partial charge < -0.3 is 15.3 Å². The molecule has 1 heterocycles. The van der Waals surface area contributed by atoms with Crippen molar-refractivity contribution in [3.63, 3.8) is 0 Å². The Balaban J connectivity index is 1.88. The van der Waals surface area contributed by atoms with E-state index in [2.05, 4.69) is 5.32 Å². The van der Waals surface area contributed by atoms with E-state index in [9.17, 15) is 14.7 Å². The van der Waals surface area contributed by atoms with Crippen molar-refractivity contribution >= 4 is 11.8 Å². The van der Waals surface area contributed by atoms with Crippen molar-refractivity contribution in [1.29, 1.82) is 0 Å². The van der Waals surface area contributed by atoms with E-state index in [1.54, 1.807) is 4.90 Å². The van der Waals surface area contributed by atoms with Crippen LogP contribution in [0.15, 0.2) is 0 Å². The number of aliphatic hydroxyl groups is 1. The summed E-state index contributed by atoms with van der Waals surface area (Å²) in [6.07, 6.45) is 4.58. The highest BCUT2D eigenvalue weighted by atomic mass is 16.3. The Labute approximate surface area is 127 Å². The molecular formula is C16H28N2O3. The van der Waals surface area contributed by atoms with Crippen molar-refractivity contribution < 1.29 is 14.7 Å². The van der Waals surface area contributed by atoms with E-state index in [1.807, 2.05) is 20.8 Å². The Bertz CT molecular complexity index is 410. The minimum atomic E-state index is -0.714. The number of amides is 2. The number of carbonyl (C=O) groups excluding carboxylic acids is 2. The minimum absolute atomic E-state index is 0.0579. The maximum atomic E-state index is 12.3. The second kappa shape index (κ2) is 5.95. The fourth-order valence-corrected chi connectivity index (χ4v) is 3.02. The van der Waals surface area contributed by atoms with Gasteiger partial charge in [-0.15, -0.1) is 0 Å². The molecule has 1 atom stereocenters. The first-order chi connectivity index (χ1) is 9.70. The first-order valence-electron chi connectivity index (χ1n) is 8.00. The normalized spacial score (nSPS) is 24.6. The van der Waals surface area contributed by atoms with E-state index < -0.39 is 5.60 Å². The molecule has 0 spiro atoms. The zero-order valence-corrected chi connectivity index (χ0v) is 13.4. The monoisotopic (exact) mass is 296 g/mol. The Morgan fingerprint density at radius 2 is 1.95 bits per heavy atom. The molecule has 1 aliphatic carbocycles. The number of carbonyl (C=O) groups is 2. The Morgan fingerprint density at radius 3 is 2.48 bits per heavy atom. The van der Waals surface area contributed by atoms with E-state index in [4.69, 9.17) is 0 Å². The van der Waals surface area contributed by atoms with E-state index in [0.717, 1.165) is 32.1 Å². The van der Waals surface area contributed by atoms with E-state index >= 15 is 0 Å². The molecule has 1 saturated carbocycles. The topological polar surface area (TPSA) is 69.6 Å². The van der Waals surface area contributed by atoms with Crippen LogP contribution in [-0.4, -0.2) is 46.6 Å². The number of rotatable bonds is 4. The molecule has 21 heavy (non-hydrogen) atoms. The van der Waals surface area contributed by atoms with Crippen LogP contribution in [0.1, 0.15) is 59.3 Å². The number of nitrogens with zero attached hydrogens (tertiary/aromatic N) is 1. The van der Waals surface area contributed by atoms with Gasteiger partial charge in [0, 0.05) is 19.5 Å². The van der Waals surface area contributed by atoms with Gasteiger partial charge in [-0.25, -0.2) is 0 Å². The summed E-state index contributed by atoms with van der Waals surface area (Å²) >= 11 is 0. The van der Waals surface area contributed by atoms with Gasteiger partial charge in [-0.05, 0) is 37.5 Å². The van der Waals surface area contributed by atoms with Crippen LogP contribution in [0.25, 0.3) is 0 Å². The fourth-order valence-electron chi connectivity index (χ4n) is 3.02. The lowest BCUT2D eigenvalue weighted by Gasteiger charge is -2.37. The highest BCUT2D eigenvalue weighted by Gasteiger charge is 2.38. The van der Waals surface area contributed by atoms with E-state index in [0.29, 0.717) is 19.5 Å². The van der Waals surface area contributed by atoms with Gasteiger partial charge in [-0.2, -0.15) is 0 Å². The molecule has 2 amide bonds. The van der Waals surface area contributed by atoms with Crippen LogP contribution < -0.4 is 5.32 Å². The van der Waals surface area contributed by atoms with Crippen molar-refractivity contribution in [3.05, 3.63) is 0 Å². The minimum Gasteiger partial charge on any atom is -0.388 e. The summed E-state index contributed by atoms with van der Waals surface area (Å²) in [6, 6.07) is -0.358. The van der Waals surface area contributed by atoms with Gasteiger partial charge in [-0.1, -0.05) is 20.8 Å². The summed E-state index contributed by atoms with van der Waals surface area (Å²) in [4.78, 5) is 26.4. The molecule has 5 heteroatoms. The summed E-state index contributed by atoms with van der Waals surface area (Å²) in [5.74, 6) is -0.0578. The van der Waals surface area contributed by atoms with Gasteiger partial charge in [0.05, 0.1) is 5.60 Å². The van der Waals surface area contributed by atoms with E-state index in [-0.39, 0.29) is 23.3 Å². The largest absolute Gasteiger partial charge is 0.388 e. The first kappa shape index (κ1) is 16.3. The standard InChI is InChI=1S/C16H28N2O3/c1-15(2,3)10-13(19)18-9-4-6-12(18)14(20)17-11-16(21)7-5-8-16/h12,21H,4-11H2,1-3H3,(H,17,20). The molecule has 2 N–H and O–H groups in total. The molecule has 2 fully saturated rings. The van der Waals surface area contributed by atoms with Crippen LogP contribution >= 0.6 is 0 Å². The van der Waals surface area contributed by atoms with Gasteiger partial charge in [0.1, 0.15) is 6.04 Å². The quantitative estimate of drug-likeness (QED) is 0.825. The van der Waals surface area contributed by atoms with Crippen LogP contribution in [0.3, 0.4) is 0 Å². The van der Waals surface area contributed by atoms with Gasteiger partial charge >= 0.3 is 0 Å². The zero-order valence-electron chi connectivity index (χ0n) is 13.4. The number of nitrogens with one attached hydrogen (secondary N) is 1. The third-order valence-corrected chi connectivity index (χ3v) is 4.43. The Morgan fingerprint density at radius 1 is 1.29 bits per heavy atom. The molecule has 0 aromatic rings. The molecule has 1 aliphatic heterocycles. The van der Waals surface area contributed by atoms with E-state index in [1.165, 1.54) is 0 Å². The lowest BCUT2D eigenvalue weighted by molar-refractivity contribution is -0.140. The van der Waals surface area contributed by atoms with Crippen LogP contribution in [0.5, 0.6) is 0 Å². The first-order valence-corrected chi connectivity index (χ1v) is 8.00. The third-order valence-electron chi connectivity index (χ3n) is 4.43. The Hall–Kier alpha value is -1.10. The molecule has 0 bridgehead atoms. The summed E-state index contributed by atoms with van der Waals surface area (Å²) in [6.45, 7) is 7.06. The molecule has 2 rings (SSSR count). The summed E-state index contributed by atoms with van der Waals surface area (Å²) < 4.78 is 0. The SMILES string of the molecule is CC(C)(C)CC(=O)N1CCCC1C(=O)NCC1(O)CCC1. The Kier molecular flexibility index (Phi) is 4.61. The highest BCUT2D eigenvalue weighted by molar-refractivity contribution is 5.88. The molecule has 1 unspecified atom stereocenters. The van der Waals surface area contributed by atoms with Gasteiger partial charge in [0.15, 0.2) is 0 Å². The lowest BCUT2D eigenvalue weighted by Crippen LogP contribution is -2.52. The van der Waals surface area contributed by atoms with Crippen LogP contribution in [0, 0.1) is 5.41 Å². The summed E-state index contributed by atoms with van der Waals surface area (Å²) in [7, 11) is 0. The highest BCUT2D eigenvalue weighted by Crippen LogP contribution is 2.31. The molecular weight excluding hydrogens is 268 g/mol. The van der Waals surface area contributed by atoms with Gasteiger partial charge in [0.25, 0.3) is 0 Å². The van der Waals surface area contributed by atoms with Gasteiger partial charge in [0.2, 0.25) is 11.8 Å². The lowest BCUT2D eigenvalue weighted by atomic mass is 9.80. The van der Waals surface area contributed by atoms with Gasteiger partial charge in [-0.3, -0.25) is 9.59 Å². The predicted molar refractivity (Wildman–Crippen MR) is 80.6 cm³/mol. The zero-order chi connectivity index (χ0) is 15.7. The number of hydrogen-bond donors (Lipinski definition) is 2. The number of likely N-dealkylation sites (tertiary alicyclic amines) is 1. The van der Waals surface area contributed by atoms with Crippen LogP contribution in [0.2, 0.25) is 0 Å². The molecule has 120 valence electrons. The molecule has 0 radical (unpaired) electrons. The average molecular weight is 296 g/mol. The third kappa shape index (κ3) is 4.19. The van der Waals surface area contributed by atoms with Crippen molar-refractivity contribution in [2.24, 2.45) is 5.41 Å². The summed E-state index contributed by atoms with van der Waals surface area (Å²) in [5, 5.41) is 12.9.